The van der Waals surface area contributed by atoms with E-state index in [0.29, 0.717) is 41.9 Å². The van der Waals surface area contributed by atoms with Gasteiger partial charge in [-0.1, -0.05) is 12.1 Å². The zero-order valence-corrected chi connectivity index (χ0v) is 21.3. The van der Waals surface area contributed by atoms with Gasteiger partial charge >= 0.3 is 18.3 Å². The van der Waals surface area contributed by atoms with Crippen molar-refractivity contribution in [2.45, 2.75) is 31.6 Å². The van der Waals surface area contributed by atoms with Crippen LogP contribution in [0.3, 0.4) is 0 Å². The Bertz CT molecular complexity index is 1560. The molecule has 2 aliphatic heterocycles. The number of likely N-dealkylation sites (tertiary alicyclic amines) is 1. The van der Waals surface area contributed by atoms with Gasteiger partial charge < -0.3 is 10.0 Å². The molecule has 1 aromatic heterocycles. The van der Waals surface area contributed by atoms with Crippen molar-refractivity contribution < 1.29 is 41.0 Å². The molecule has 2 aromatic carbocycles. The highest BCUT2D eigenvalue weighted by Gasteiger charge is 2.39. The van der Waals surface area contributed by atoms with Gasteiger partial charge in [-0.15, -0.1) is 0 Å². The van der Waals surface area contributed by atoms with Crippen LogP contribution in [-0.2, 0) is 28.4 Å². The van der Waals surface area contributed by atoms with Crippen LogP contribution in [0.1, 0.15) is 35.1 Å². The number of halogens is 6. The number of fused-ring (bicyclic) bond motifs is 1. The van der Waals surface area contributed by atoms with E-state index in [-0.39, 0.29) is 28.3 Å². The number of nitrogens with one attached hydrogen (secondary N) is 1. The van der Waals surface area contributed by atoms with Crippen molar-refractivity contribution in [3.05, 3.63) is 69.8 Å². The first-order valence-electron chi connectivity index (χ1n) is 12.0. The van der Waals surface area contributed by atoms with E-state index in [1.54, 1.807) is 23.1 Å². The van der Waals surface area contributed by atoms with Crippen molar-refractivity contribution in [3.63, 3.8) is 0 Å². The summed E-state index contributed by atoms with van der Waals surface area (Å²) in [6, 6.07) is 6.25. The normalized spacial score (nSPS) is 19.8. The molecule has 2 N–H and O–H groups in total. The van der Waals surface area contributed by atoms with Crippen LogP contribution < -0.4 is 0 Å². The second kappa shape index (κ2) is 10.3. The van der Waals surface area contributed by atoms with Crippen LogP contribution in [0.4, 0.5) is 26.3 Å². The van der Waals surface area contributed by atoms with E-state index < -0.39 is 53.3 Å². The SMILES string of the molecule is O=C1N=C(N2CCC[C@@H](C(=O)O)C2)SC1=C(Cc1ccc(C(F)(F)F)cc1C(F)(F)F)c1ccc2[nH]ncc2c1. The molecule has 210 valence electrons. The van der Waals surface area contributed by atoms with Crippen molar-refractivity contribution in [2.24, 2.45) is 10.9 Å². The number of carboxylic acid groups (broad SMARTS) is 1. The minimum atomic E-state index is -5.09. The number of aliphatic carboxylic acids is 1. The number of aromatic nitrogens is 2. The topological polar surface area (TPSA) is 98.6 Å². The maximum absolute atomic E-state index is 14.0. The predicted octanol–water partition coefficient (Wildman–Crippen LogP) is 5.98. The van der Waals surface area contributed by atoms with E-state index in [9.17, 15) is 41.0 Å². The summed E-state index contributed by atoms with van der Waals surface area (Å²) in [7, 11) is 0. The van der Waals surface area contributed by atoms with E-state index in [2.05, 4.69) is 15.2 Å². The molecule has 1 fully saturated rings. The summed E-state index contributed by atoms with van der Waals surface area (Å²) in [6.07, 6.45) is -8.07. The number of thioether (sulfide) groups is 1. The van der Waals surface area contributed by atoms with Gasteiger partial charge in [0.1, 0.15) is 0 Å². The second-order valence-corrected chi connectivity index (χ2v) is 10.4. The fourth-order valence-corrected chi connectivity index (χ4v) is 5.83. The fraction of sp³-hybridized carbons (Fsp3) is 0.308. The van der Waals surface area contributed by atoms with E-state index in [1.165, 1.54) is 6.20 Å². The summed E-state index contributed by atoms with van der Waals surface area (Å²) in [5.41, 5.74) is -2.19. The first-order chi connectivity index (χ1) is 18.8. The van der Waals surface area contributed by atoms with Gasteiger partial charge in [0.15, 0.2) is 5.17 Å². The Balaban J connectivity index is 1.59. The second-order valence-electron chi connectivity index (χ2n) is 9.45. The summed E-state index contributed by atoms with van der Waals surface area (Å²) < 4.78 is 81.6. The van der Waals surface area contributed by atoms with Gasteiger partial charge in [-0.05, 0) is 72.0 Å². The van der Waals surface area contributed by atoms with Crippen LogP contribution in [0.2, 0.25) is 0 Å². The number of hydrogen-bond donors (Lipinski definition) is 2. The number of amidine groups is 1. The summed E-state index contributed by atoms with van der Waals surface area (Å²) in [4.78, 5) is 30.4. The summed E-state index contributed by atoms with van der Waals surface area (Å²) in [5.74, 6) is -2.36. The van der Waals surface area contributed by atoms with Gasteiger partial charge in [-0.25, -0.2) is 0 Å². The van der Waals surface area contributed by atoms with Crippen LogP contribution >= 0.6 is 11.8 Å². The Morgan fingerprint density at radius 2 is 1.88 bits per heavy atom. The molecule has 5 rings (SSSR count). The Morgan fingerprint density at radius 3 is 2.58 bits per heavy atom. The molecular weight excluding hydrogens is 562 g/mol. The molecule has 3 heterocycles. The number of benzene rings is 2. The third-order valence-corrected chi connectivity index (χ3v) is 7.96. The number of carbonyl (C=O) groups is 2. The van der Waals surface area contributed by atoms with E-state index >= 15 is 0 Å². The Morgan fingerprint density at radius 1 is 1.10 bits per heavy atom. The molecule has 40 heavy (non-hydrogen) atoms. The molecule has 1 saturated heterocycles. The molecule has 0 spiro atoms. The molecule has 0 radical (unpaired) electrons. The van der Waals surface area contributed by atoms with Crippen molar-refractivity contribution in [2.75, 3.05) is 13.1 Å². The number of rotatable bonds is 4. The first-order valence-corrected chi connectivity index (χ1v) is 12.9. The van der Waals surface area contributed by atoms with Crippen LogP contribution in [0.15, 0.2) is 52.5 Å². The number of aromatic amines is 1. The predicted molar refractivity (Wildman–Crippen MR) is 135 cm³/mol. The van der Waals surface area contributed by atoms with Gasteiger partial charge in [0.2, 0.25) is 0 Å². The summed E-state index contributed by atoms with van der Waals surface area (Å²) >= 11 is 0.918. The van der Waals surface area contributed by atoms with Gasteiger partial charge in [-0.3, -0.25) is 14.7 Å². The van der Waals surface area contributed by atoms with E-state index in [4.69, 9.17) is 0 Å². The van der Waals surface area contributed by atoms with Crippen molar-refractivity contribution in [3.8, 4) is 0 Å². The molecule has 2 aliphatic rings. The maximum atomic E-state index is 14.0. The summed E-state index contributed by atoms with van der Waals surface area (Å²) in [5, 5.41) is 16.9. The van der Waals surface area contributed by atoms with E-state index in [0.717, 1.165) is 17.8 Å². The van der Waals surface area contributed by atoms with Gasteiger partial charge in [0.05, 0.1) is 33.7 Å². The average Bonchev–Trinajstić information content (AvgIpc) is 3.52. The number of alkyl halides is 6. The van der Waals surface area contributed by atoms with Gasteiger partial charge in [-0.2, -0.15) is 36.4 Å². The number of nitrogens with zero attached hydrogens (tertiary/aromatic N) is 3. The lowest BCUT2D eigenvalue weighted by atomic mass is 9.92. The largest absolute Gasteiger partial charge is 0.481 e. The van der Waals surface area contributed by atoms with Gasteiger partial charge in [0.25, 0.3) is 5.91 Å². The minimum absolute atomic E-state index is 0.0170. The van der Waals surface area contributed by atoms with Crippen molar-refractivity contribution in [1.82, 2.24) is 15.1 Å². The zero-order chi connectivity index (χ0) is 28.8. The third-order valence-electron chi connectivity index (χ3n) is 6.80. The molecule has 1 atom stereocenters. The van der Waals surface area contributed by atoms with Crippen LogP contribution in [0.5, 0.6) is 0 Å². The molecule has 0 saturated carbocycles. The lowest BCUT2D eigenvalue weighted by Crippen LogP contribution is -2.40. The number of aliphatic imine (C=N–C) groups is 1. The Labute approximate surface area is 226 Å². The molecule has 14 heteroatoms. The Kier molecular flexibility index (Phi) is 7.15. The average molecular weight is 583 g/mol. The zero-order valence-electron chi connectivity index (χ0n) is 20.4. The maximum Gasteiger partial charge on any atom is 0.416 e. The van der Waals surface area contributed by atoms with Gasteiger partial charge in [0, 0.05) is 18.5 Å². The lowest BCUT2D eigenvalue weighted by molar-refractivity contribution is -0.144. The molecule has 3 aromatic rings. The van der Waals surface area contributed by atoms with Crippen LogP contribution in [0, 0.1) is 5.92 Å². The highest BCUT2D eigenvalue weighted by atomic mass is 32.2. The summed E-state index contributed by atoms with van der Waals surface area (Å²) in [6.45, 7) is 0.568. The highest BCUT2D eigenvalue weighted by molar-refractivity contribution is 8.18. The van der Waals surface area contributed by atoms with Crippen molar-refractivity contribution >= 4 is 45.3 Å². The fourth-order valence-electron chi connectivity index (χ4n) is 4.78. The molecule has 0 aliphatic carbocycles. The molecule has 0 bridgehead atoms. The Hall–Kier alpha value is -3.81. The van der Waals surface area contributed by atoms with Crippen molar-refractivity contribution in [1.29, 1.82) is 0 Å². The molecule has 0 unspecified atom stereocenters. The lowest BCUT2D eigenvalue weighted by Gasteiger charge is -2.31. The number of carboxylic acids is 1. The number of hydrogen-bond acceptors (Lipinski definition) is 5. The van der Waals surface area contributed by atoms with Crippen LogP contribution in [-0.4, -0.2) is 50.3 Å². The minimum Gasteiger partial charge on any atom is -0.481 e. The number of piperidine rings is 1. The standard InChI is InChI=1S/C26H20F6N4O3S/c27-25(28,29)17-5-3-14(19(10-17)26(30,31)32)9-18(13-4-6-20-16(8-13)11-33-35-20)21-22(37)34-24(40-21)36-7-1-2-15(12-36)23(38)39/h3-6,8,10-11,15H,1-2,7,9,12H2,(H,33,35)(H,38,39)/t15-/m1/s1. The smallest absolute Gasteiger partial charge is 0.416 e. The third kappa shape index (κ3) is 5.58. The quantitative estimate of drug-likeness (QED) is 0.290. The molecule has 1 amide bonds. The van der Waals surface area contributed by atoms with Crippen LogP contribution in [0.25, 0.3) is 16.5 Å². The first kappa shape index (κ1) is 27.7. The number of H-pyrrole nitrogens is 1. The number of amides is 1. The highest BCUT2D eigenvalue weighted by Crippen LogP contribution is 2.42. The number of allylic oxidation sites excluding steroid dienone is 1. The monoisotopic (exact) mass is 582 g/mol. The molecule has 7 nitrogen and oxygen atoms in total. The van der Waals surface area contributed by atoms with E-state index in [1.807, 2.05) is 0 Å². The number of carbonyl (C=O) groups excluding carboxylic acids is 1. The molecular formula is C26H20F6N4O3S.